The Morgan fingerprint density at radius 1 is 1.12 bits per heavy atom. The maximum atomic E-state index is 11.2. The molecule has 0 rings (SSSR count). The molecule has 7 heteroatoms. The summed E-state index contributed by atoms with van der Waals surface area (Å²) in [6.07, 6.45) is 5.08. The van der Waals surface area contributed by atoms with Crippen molar-refractivity contribution in [1.29, 1.82) is 0 Å². The largest absolute Gasteiger partial charge is 0.478 e. The summed E-state index contributed by atoms with van der Waals surface area (Å²) in [6, 6.07) is 0. The topological polar surface area (TPSA) is 110 Å². The zero-order valence-electron chi connectivity index (χ0n) is 15.0. The fraction of sp³-hybridized carbons (Fsp3) is 0.500. The summed E-state index contributed by atoms with van der Waals surface area (Å²) in [4.78, 5) is 32.0. The molecule has 0 saturated heterocycles. The fourth-order valence-corrected chi connectivity index (χ4v) is 1.15. The van der Waals surface area contributed by atoms with E-state index in [0.29, 0.717) is 13.0 Å². The molecule has 0 atom stereocenters. The van der Waals surface area contributed by atoms with E-state index in [1.165, 1.54) is 19.1 Å². The van der Waals surface area contributed by atoms with Crippen molar-refractivity contribution >= 4 is 17.9 Å². The van der Waals surface area contributed by atoms with E-state index in [2.05, 4.69) is 17.9 Å². The molecule has 0 saturated carbocycles. The highest BCUT2D eigenvalue weighted by Crippen LogP contribution is 2.05. The van der Waals surface area contributed by atoms with Gasteiger partial charge in [-0.05, 0) is 19.8 Å². The SMILES string of the molecule is C=C(CC=C(C)C(=O)O)C(=O)OCCCO.C=CC(=O)OCCCC. The van der Waals surface area contributed by atoms with Gasteiger partial charge in [0.1, 0.15) is 0 Å². The minimum atomic E-state index is -1.03. The highest BCUT2D eigenvalue weighted by atomic mass is 16.5. The second-order valence-corrected chi connectivity index (χ2v) is 4.94. The van der Waals surface area contributed by atoms with Crippen molar-refractivity contribution in [1.82, 2.24) is 0 Å². The van der Waals surface area contributed by atoms with Crippen LogP contribution in [0.2, 0.25) is 0 Å². The molecule has 0 fully saturated rings. The Kier molecular flexibility index (Phi) is 16.3. The van der Waals surface area contributed by atoms with Crippen LogP contribution >= 0.6 is 0 Å². The number of allylic oxidation sites excluding steroid dienone is 1. The summed E-state index contributed by atoms with van der Waals surface area (Å²) in [5.74, 6) is -1.92. The van der Waals surface area contributed by atoms with Crippen LogP contribution in [0.5, 0.6) is 0 Å². The molecule has 0 aromatic rings. The van der Waals surface area contributed by atoms with Gasteiger partial charge in [-0.15, -0.1) is 0 Å². The maximum Gasteiger partial charge on any atom is 0.333 e. The number of carbonyl (C=O) groups excluding carboxylic acids is 2. The molecule has 0 amide bonds. The number of unbranched alkanes of at least 4 members (excludes halogenated alkanes) is 1. The van der Waals surface area contributed by atoms with Crippen LogP contribution in [0.25, 0.3) is 0 Å². The predicted octanol–water partition coefficient (Wildman–Crippen LogP) is 2.40. The number of aliphatic hydroxyl groups is 1. The molecular formula is C18H28O7. The minimum absolute atomic E-state index is 0.0439. The van der Waals surface area contributed by atoms with Gasteiger partial charge in [-0.1, -0.05) is 32.6 Å². The monoisotopic (exact) mass is 356 g/mol. The van der Waals surface area contributed by atoms with E-state index in [1.54, 1.807) is 0 Å². The Hall–Kier alpha value is -2.41. The Labute approximate surface area is 148 Å². The van der Waals surface area contributed by atoms with Crippen LogP contribution in [0, 0.1) is 0 Å². The third-order valence-corrected chi connectivity index (χ3v) is 2.73. The summed E-state index contributed by atoms with van der Waals surface area (Å²) in [6.45, 7) is 10.8. The molecule has 25 heavy (non-hydrogen) atoms. The van der Waals surface area contributed by atoms with Crippen molar-refractivity contribution in [3.63, 3.8) is 0 Å². The summed E-state index contributed by atoms with van der Waals surface area (Å²) >= 11 is 0. The highest BCUT2D eigenvalue weighted by Gasteiger charge is 2.08. The van der Waals surface area contributed by atoms with Gasteiger partial charge in [0.15, 0.2) is 0 Å². The zero-order valence-corrected chi connectivity index (χ0v) is 15.0. The quantitative estimate of drug-likeness (QED) is 0.332. The number of carbonyl (C=O) groups is 3. The molecule has 2 N–H and O–H groups in total. The second-order valence-electron chi connectivity index (χ2n) is 4.94. The van der Waals surface area contributed by atoms with Crippen LogP contribution in [0.4, 0.5) is 0 Å². The third kappa shape index (κ3) is 16.2. The lowest BCUT2D eigenvalue weighted by molar-refractivity contribution is -0.139. The molecule has 0 aliphatic rings. The van der Waals surface area contributed by atoms with Crippen LogP contribution < -0.4 is 0 Å². The fourth-order valence-electron chi connectivity index (χ4n) is 1.15. The van der Waals surface area contributed by atoms with Crippen molar-refractivity contribution in [2.45, 2.75) is 39.5 Å². The van der Waals surface area contributed by atoms with Gasteiger partial charge in [0.2, 0.25) is 0 Å². The molecule has 7 nitrogen and oxygen atoms in total. The van der Waals surface area contributed by atoms with Crippen molar-refractivity contribution < 1.29 is 34.1 Å². The number of carboxylic acids is 1. The van der Waals surface area contributed by atoms with Crippen molar-refractivity contribution in [3.05, 3.63) is 36.5 Å². The van der Waals surface area contributed by atoms with Crippen molar-refractivity contribution in [2.24, 2.45) is 0 Å². The van der Waals surface area contributed by atoms with Gasteiger partial charge < -0.3 is 19.7 Å². The Morgan fingerprint density at radius 3 is 2.20 bits per heavy atom. The molecule has 0 aromatic carbocycles. The van der Waals surface area contributed by atoms with Gasteiger partial charge in [-0.2, -0.15) is 0 Å². The Morgan fingerprint density at radius 2 is 1.72 bits per heavy atom. The van der Waals surface area contributed by atoms with Crippen molar-refractivity contribution in [3.8, 4) is 0 Å². The van der Waals surface area contributed by atoms with Crippen LogP contribution in [-0.2, 0) is 23.9 Å². The lowest BCUT2D eigenvalue weighted by Crippen LogP contribution is -2.09. The molecule has 0 unspecified atom stereocenters. The molecule has 0 aliphatic carbocycles. The summed E-state index contributed by atoms with van der Waals surface area (Å²) in [5, 5.41) is 17.0. The van der Waals surface area contributed by atoms with Gasteiger partial charge in [0, 0.05) is 30.2 Å². The van der Waals surface area contributed by atoms with Gasteiger partial charge in [0.25, 0.3) is 0 Å². The molecule has 0 heterocycles. The standard InChI is InChI=1S/C11H16O5.C7H12O2/c1-8(10(13)14)4-5-9(2)11(15)16-7-3-6-12;1-3-5-6-9-7(8)4-2/h4,12H,2-3,5-7H2,1H3,(H,13,14);4H,2-3,5-6H2,1H3. The number of ether oxygens (including phenoxy) is 2. The van der Waals surface area contributed by atoms with Crippen LogP contribution in [0.3, 0.4) is 0 Å². The van der Waals surface area contributed by atoms with Crippen LogP contribution in [0.15, 0.2) is 36.5 Å². The number of hydrogen-bond donors (Lipinski definition) is 2. The number of esters is 2. The lowest BCUT2D eigenvalue weighted by atomic mass is 10.1. The zero-order chi connectivity index (χ0) is 19.7. The molecule has 0 radical (unpaired) electrons. The maximum absolute atomic E-state index is 11.2. The average molecular weight is 356 g/mol. The highest BCUT2D eigenvalue weighted by molar-refractivity contribution is 5.89. The smallest absolute Gasteiger partial charge is 0.333 e. The third-order valence-electron chi connectivity index (χ3n) is 2.73. The Bertz CT molecular complexity index is 478. The molecule has 0 aromatic heterocycles. The number of rotatable bonds is 11. The predicted molar refractivity (Wildman–Crippen MR) is 93.9 cm³/mol. The number of carboxylic acid groups (broad SMARTS) is 1. The van der Waals surface area contributed by atoms with E-state index in [-0.39, 0.29) is 36.8 Å². The summed E-state index contributed by atoms with van der Waals surface area (Å²) in [5.41, 5.74) is 0.350. The number of hydrogen-bond acceptors (Lipinski definition) is 6. The van der Waals surface area contributed by atoms with E-state index in [4.69, 9.17) is 14.9 Å². The van der Waals surface area contributed by atoms with E-state index < -0.39 is 11.9 Å². The van der Waals surface area contributed by atoms with E-state index in [1.807, 2.05) is 6.92 Å². The lowest BCUT2D eigenvalue weighted by Gasteiger charge is -2.04. The first-order valence-corrected chi connectivity index (χ1v) is 7.95. The number of aliphatic carboxylic acids is 1. The molecule has 142 valence electrons. The van der Waals surface area contributed by atoms with Gasteiger partial charge in [-0.3, -0.25) is 0 Å². The normalized spacial score (nSPS) is 10.1. The molecule has 0 spiro atoms. The van der Waals surface area contributed by atoms with E-state index in [9.17, 15) is 14.4 Å². The minimum Gasteiger partial charge on any atom is -0.478 e. The second kappa shape index (κ2) is 16.4. The van der Waals surface area contributed by atoms with Gasteiger partial charge in [0.05, 0.1) is 13.2 Å². The van der Waals surface area contributed by atoms with Crippen molar-refractivity contribution in [2.75, 3.05) is 19.8 Å². The summed E-state index contributed by atoms with van der Waals surface area (Å²) < 4.78 is 9.44. The van der Waals surface area contributed by atoms with Crippen LogP contribution in [0.1, 0.15) is 39.5 Å². The van der Waals surface area contributed by atoms with Crippen LogP contribution in [-0.4, -0.2) is 47.9 Å². The Balaban J connectivity index is 0. The average Bonchev–Trinajstić information content (AvgIpc) is 2.59. The molecular weight excluding hydrogens is 328 g/mol. The summed E-state index contributed by atoms with van der Waals surface area (Å²) in [7, 11) is 0. The van der Waals surface area contributed by atoms with Gasteiger partial charge >= 0.3 is 17.9 Å². The first-order valence-electron chi connectivity index (χ1n) is 7.95. The molecule has 0 bridgehead atoms. The van der Waals surface area contributed by atoms with E-state index >= 15 is 0 Å². The van der Waals surface area contributed by atoms with Gasteiger partial charge in [-0.25, -0.2) is 14.4 Å². The molecule has 0 aliphatic heterocycles. The van der Waals surface area contributed by atoms with E-state index in [0.717, 1.165) is 12.8 Å². The first-order chi connectivity index (χ1) is 11.8. The number of aliphatic hydroxyl groups excluding tert-OH is 1. The first kappa shape index (κ1) is 24.8.